The van der Waals surface area contributed by atoms with Crippen LogP contribution in [0.2, 0.25) is 0 Å². The Balaban J connectivity index is 2.30. The smallest absolute Gasteiger partial charge is 0.222 e. The minimum Gasteiger partial charge on any atom is -0.380 e. The molecular formula is C11H17N3O2. The van der Waals surface area contributed by atoms with Crippen LogP contribution in [0.5, 0.6) is 0 Å². The van der Waals surface area contributed by atoms with E-state index in [1.54, 1.807) is 19.5 Å². The summed E-state index contributed by atoms with van der Waals surface area (Å²) in [6, 6.07) is 3.74. The van der Waals surface area contributed by atoms with Crippen molar-refractivity contribution in [3.63, 3.8) is 0 Å². The topological polar surface area (TPSA) is 77.2 Å². The molecule has 5 heteroatoms. The van der Waals surface area contributed by atoms with Crippen molar-refractivity contribution in [3.05, 3.63) is 30.1 Å². The number of nitrogens with two attached hydrogens (primary N) is 1. The molecule has 0 aliphatic rings. The molecule has 0 aromatic carbocycles. The molecule has 16 heavy (non-hydrogen) atoms. The van der Waals surface area contributed by atoms with Crippen molar-refractivity contribution in [1.29, 1.82) is 0 Å². The van der Waals surface area contributed by atoms with Crippen LogP contribution in [0, 0.1) is 0 Å². The Morgan fingerprint density at radius 1 is 1.69 bits per heavy atom. The lowest BCUT2D eigenvalue weighted by molar-refractivity contribution is -0.123. The molecule has 0 saturated heterocycles. The molecule has 1 heterocycles. The van der Waals surface area contributed by atoms with Crippen LogP contribution in [-0.4, -0.2) is 30.6 Å². The standard InChI is InChI=1S/C11H17N3O2/c1-16-10(6-12)5-11(15)14-8-9-3-2-4-13-7-9/h2-4,7,10H,5-6,8,12H2,1H3,(H,14,15). The Morgan fingerprint density at radius 3 is 3.06 bits per heavy atom. The quantitative estimate of drug-likeness (QED) is 0.715. The maximum absolute atomic E-state index is 11.5. The number of carbonyl (C=O) groups excluding carboxylic acids is 1. The average Bonchev–Trinajstić information content (AvgIpc) is 2.34. The Hall–Kier alpha value is -1.46. The predicted molar refractivity (Wildman–Crippen MR) is 60.6 cm³/mol. The van der Waals surface area contributed by atoms with E-state index >= 15 is 0 Å². The molecule has 1 unspecified atom stereocenters. The van der Waals surface area contributed by atoms with Gasteiger partial charge >= 0.3 is 0 Å². The predicted octanol–water partition coefficient (Wildman–Crippen LogP) is 0.0616. The molecule has 1 atom stereocenters. The Kier molecular flexibility index (Phi) is 5.45. The molecule has 3 N–H and O–H groups in total. The number of aromatic nitrogens is 1. The first-order valence-electron chi connectivity index (χ1n) is 5.14. The van der Waals surface area contributed by atoms with Crippen molar-refractivity contribution >= 4 is 5.91 Å². The second-order valence-electron chi connectivity index (χ2n) is 3.44. The van der Waals surface area contributed by atoms with E-state index in [0.29, 0.717) is 13.1 Å². The Labute approximate surface area is 95.0 Å². The summed E-state index contributed by atoms with van der Waals surface area (Å²) in [5.74, 6) is -0.0684. The first-order valence-corrected chi connectivity index (χ1v) is 5.14. The number of carbonyl (C=O) groups is 1. The molecule has 0 radical (unpaired) electrons. The van der Waals surface area contributed by atoms with Crippen molar-refractivity contribution in [2.45, 2.75) is 19.1 Å². The van der Waals surface area contributed by atoms with E-state index < -0.39 is 0 Å². The van der Waals surface area contributed by atoms with Crippen LogP contribution in [0.3, 0.4) is 0 Å². The summed E-state index contributed by atoms with van der Waals surface area (Å²) in [6.45, 7) is 0.824. The minimum absolute atomic E-state index is 0.0684. The molecule has 0 spiro atoms. The van der Waals surface area contributed by atoms with Gasteiger partial charge in [-0.2, -0.15) is 0 Å². The average molecular weight is 223 g/mol. The van der Waals surface area contributed by atoms with Gasteiger partial charge in [-0.15, -0.1) is 0 Å². The molecule has 5 nitrogen and oxygen atoms in total. The van der Waals surface area contributed by atoms with E-state index in [1.165, 1.54) is 0 Å². The fraction of sp³-hybridized carbons (Fsp3) is 0.455. The second kappa shape index (κ2) is 6.92. The number of ether oxygens (including phenoxy) is 1. The van der Waals surface area contributed by atoms with E-state index in [4.69, 9.17) is 10.5 Å². The molecule has 0 aliphatic heterocycles. The SMILES string of the molecule is COC(CN)CC(=O)NCc1cccnc1. The number of hydrogen-bond acceptors (Lipinski definition) is 4. The number of nitrogens with zero attached hydrogens (tertiary/aromatic N) is 1. The van der Waals surface area contributed by atoms with Gasteiger partial charge in [0, 0.05) is 32.6 Å². The van der Waals surface area contributed by atoms with Crippen molar-refractivity contribution in [1.82, 2.24) is 10.3 Å². The Morgan fingerprint density at radius 2 is 2.50 bits per heavy atom. The van der Waals surface area contributed by atoms with Gasteiger partial charge in [-0.25, -0.2) is 0 Å². The van der Waals surface area contributed by atoms with Gasteiger partial charge in [-0.05, 0) is 11.6 Å². The third-order valence-electron chi connectivity index (χ3n) is 2.22. The summed E-state index contributed by atoms with van der Waals surface area (Å²) in [7, 11) is 1.55. The third kappa shape index (κ3) is 4.37. The minimum atomic E-state index is -0.214. The van der Waals surface area contributed by atoms with Crippen LogP contribution in [0.25, 0.3) is 0 Å². The number of methoxy groups -OCH3 is 1. The molecule has 88 valence electrons. The third-order valence-corrected chi connectivity index (χ3v) is 2.22. The number of rotatable bonds is 6. The van der Waals surface area contributed by atoms with Gasteiger partial charge in [0.05, 0.1) is 12.5 Å². The number of hydrogen-bond donors (Lipinski definition) is 2. The molecule has 0 bridgehead atoms. The molecule has 1 rings (SSSR count). The summed E-state index contributed by atoms with van der Waals surface area (Å²) in [5, 5.41) is 2.78. The maximum atomic E-state index is 11.5. The molecule has 1 aromatic rings. The first kappa shape index (κ1) is 12.6. The van der Waals surface area contributed by atoms with Crippen LogP contribution in [0.1, 0.15) is 12.0 Å². The first-order chi connectivity index (χ1) is 7.76. The highest BCUT2D eigenvalue weighted by Gasteiger charge is 2.10. The van der Waals surface area contributed by atoms with E-state index in [9.17, 15) is 4.79 Å². The zero-order valence-corrected chi connectivity index (χ0v) is 9.35. The number of pyridine rings is 1. The van der Waals surface area contributed by atoms with Gasteiger partial charge in [-0.1, -0.05) is 6.07 Å². The largest absolute Gasteiger partial charge is 0.380 e. The highest BCUT2D eigenvalue weighted by atomic mass is 16.5. The van der Waals surface area contributed by atoms with E-state index in [1.807, 2.05) is 12.1 Å². The van der Waals surface area contributed by atoms with Gasteiger partial charge < -0.3 is 15.8 Å². The summed E-state index contributed by atoms with van der Waals surface area (Å²) in [4.78, 5) is 15.4. The molecule has 0 saturated carbocycles. The normalized spacial score (nSPS) is 12.1. The molecule has 0 fully saturated rings. The van der Waals surface area contributed by atoms with Gasteiger partial charge in [0.1, 0.15) is 0 Å². The number of nitrogens with one attached hydrogen (secondary N) is 1. The fourth-order valence-corrected chi connectivity index (χ4v) is 1.25. The van der Waals surface area contributed by atoms with Crippen molar-refractivity contribution in [2.24, 2.45) is 5.73 Å². The zero-order valence-electron chi connectivity index (χ0n) is 9.35. The number of amides is 1. The van der Waals surface area contributed by atoms with E-state index in [0.717, 1.165) is 5.56 Å². The highest BCUT2D eigenvalue weighted by molar-refractivity contribution is 5.76. The van der Waals surface area contributed by atoms with Crippen molar-refractivity contribution in [3.8, 4) is 0 Å². The molecule has 1 amide bonds. The van der Waals surface area contributed by atoms with Crippen LogP contribution >= 0.6 is 0 Å². The van der Waals surface area contributed by atoms with Gasteiger partial charge in [0.25, 0.3) is 0 Å². The second-order valence-corrected chi connectivity index (χ2v) is 3.44. The molecule has 0 aliphatic carbocycles. The highest BCUT2D eigenvalue weighted by Crippen LogP contribution is 1.97. The Bertz CT molecular complexity index is 312. The van der Waals surface area contributed by atoms with Crippen molar-refractivity contribution in [2.75, 3.05) is 13.7 Å². The summed E-state index contributed by atoms with van der Waals surface area (Å²) < 4.78 is 5.02. The summed E-state index contributed by atoms with van der Waals surface area (Å²) in [6.07, 6.45) is 3.49. The monoisotopic (exact) mass is 223 g/mol. The molecular weight excluding hydrogens is 206 g/mol. The van der Waals surface area contributed by atoms with Crippen molar-refractivity contribution < 1.29 is 9.53 Å². The van der Waals surface area contributed by atoms with Gasteiger partial charge in [0.2, 0.25) is 5.91 Å². The van der Waals surface area contributed by atoms with Crippen LogP contribution in [0.15, 0.2) is 24.5 Å². The summed E-state index contributed by atoms with van der Waals surface area (Å²) in [5.41, 5.74) is 6.39. The van der Waals surface area contributed by atoms with E-state index in [-0.39, 0.29) is 18.4 Å². The van der Waals surface area contributed by atoms with Crippen LogP contribution in [-0.2, 0) is 16.1 Å². The lowest BCUT2D eigenvalue weighted by Crippen LogP contribution is -2.31. The van der Waals surface area contributed by atoms with Gasteiger partial charge in [-0.3, -0.25) is 9.78 Å². The maximum Gasteiger partial charge on any atom is 0.222 e. The summed E-state index contributed by atoms with van der Waals surface area (Å²) >= 11 is 0. The van der Waals surface area contributed by atoms with E-state index in [2.05, 4.69) is 10.3 Å². The van der Waals surface area contributed by atoms with Crippen LogP contribution in [0.4, 0.5) is 0 Å². The lowest BCUT2D eigenvalue weighted by Gasteiger charge is -2.12. The van der Waals surface area contributed by atoms with Gasteiger partial charge in [0.15, 0.2) is 0 Å². The lowest BCUT2D eigenvalue weighted by atomic mass is 10.2. The fourth-order valence-electron chi connectivity index (χ4n) is 1.25. The zero-order chi connectivity index (χ0) is 11.8. The van der Waals surface area contributed by atoms with Crippen LogP contribution < -0.4 is 11.1 Å². The molecule has 1 aromatic heterocycles.